The Kier molecular flexibility index (Phi) is 6.88. The Balaban J connectivity index is 2.63. The Labute approximate surface area is 126 Å². The second-order valence-electron chi connectivity index (χ2n) is 5.02. The van der Waals surface area contributed by atoms with Crippen molar-refractivity contribution >= 4 is 29.0 Å². The molecule has 0 aliphatic carbocycles. The second kappa shape index (κ2) is 8.17. The minimum absolute atomic E-state index is 0.0203. The molecule has 0 bridgehead atoms. The van der Waals surface area contributed by atoms with Gasteiger partial charge in [0, 0.05) is 11.8 Å². The molecular weight excluding hydrogens is 270 g/mol. The van der Waals surface area contributed by atoms with Crippen molar-refractivity contribution in [3.05, 3.63) is 23.8 Å². The minimum Gasteiger partial charge on any atom is -0.397 e. The zero-order valence-electron chi connectivity index (χ0n) is 12.8. The number of rotatable bonds is 7. The molecule has 0 heterocycles. The monoisotopic (exact) mass is 295 g/mol. The van der Waals surface area contributed by atoms with Gasteiger partial charge in [-0.05, 0) is 38.3 Å². The van der Waals surface area contributed by atoms with Gasteiger partial charge in [-0.1, -0.05) is 19.1 Å². The van der Waals surface area contributed by atoms with Crippen molar-refractivity contribution in [2.24, 2.45) is 0 Å². The van der Waals surface area contributed by atoms with Crippen LogP contribution in [0.5, 0.6) is 0 Å². The molecule has 0 radical (unpaired) electrons. The predicted molar refractivity (Wildman–Crippen MR) is 89.3 cm³/mol. The van der Waals surface area contributed by atoms with Crippen molar-refractivity contribution in [2.75, 3.05) is 36.7 Å². The van der Waals surface area contributed by atoms with E-state index in [-0.39, 0.29) is 5.91 Å². The molecule has 1 atom stereocenters. The van der Waals surface area contributed by atoms with Gasteiger partial charge in [0.1, 0.15) is 0 Å². The van der Waals surface area contributed by atoms with E-state index in [9.17, 15) is 4.79 Å². The van der Waals surface area contributed by atoms with Crippen molar-refractivity contribution < 1.29 is 4.79 Å². The Morgan fingerprint density at radius 3 is 2.75 bits per heavy atom. The third-order valence-electron chi connectivity index (χ3n) is 3.42. The van der Waals surface area contributed by atoms with Crippen LogP contribution in [0.25, 0.3) is 0 Å². The quantitative estimate of drug-likeness (QED) is 0.759. The maximum Gasteiger partial charge on any atom is 0.238 e. The smallest absolute Gasteiger partial charge is 0.238 e. The van der Waals surface area contributed by atoms with E-state index in [1.807, 2.05) is 26.1 Å². The summed E-state index contributed by atoms with van der Waals surface area (Å²) in [5.41, 5.74) is 8.22. The topological polar surface area (TPSA) is 58.4 Å². The van der Waals surface area contributed by atoms with Crippen LogP contribution in [0.1, 0.15) is 18.9 Å². The lowest BCUT2D eigenvalue weighted by atomic mass is 10.1. The van der Waals surface area contributed by atoms with Gasteiger partial charge < -0.3 is 11.1 Å². The molecule has 0 spiro atoms. The van der Waals surface area contributed by atoms with Gasteiger partial charge in [-0.3, -0.25) is 9.69 Å². The summed E-state index contributed by atoms with van der Waals surface area (Å²) in [7, 11) is 1.99. The van der Waals surface area contributed by atoms with E-state index in [0.717, 1.165) is 23.4 Å². The highest BCUT2D eigenvalue weighted by atomic mass is 32.2. The number of nitrogen functional groups attached to an aromatic ring is 1. The van der Waals surface area contributed by atoms with E-state index in [1.54, 1.807) is 17.8 Å². The number of nitrogens with zero attached hydrogens (tertiary/aromatic N) is 1. The lowest BCUT2D eigenvalue weighted by molar-refractivity contribution is -0.117. The van der Waals surface area contributed by atoms with E-state index in [0.29, 0.717) is 18.3 Å². The molecule has 1 amide bonds. The summed E-state index contributed by atoms with van der Waals surface area (Å²) in [5, 5.41) is 2.92. The highest BCUT2D eigenvalue weighted by molar-refractivity contribution is 7.98. The van der Waals surface area contributed by atoms with Gasteiger partial charge in [0.25, 0.3) is 0 Å². The summed E-state index contributed by atoms with van der Waals surface area (Å²) in [5.74, 6) is 1.01. The fraction of sp³-hybridized carbons (Fsp3) is 0.533. The fourth-order valence-corrected chi connectivity index (χ4v) is 3.02. The first-order valence-corrected chi connectivity index (χ1v) is 8.23. The standard InChI is InChI=1S/C15H25N3OS/c1-5-12(10-20-4)18(3)9-14(19)17-15-11(2)7-6-8-13(15)16/h6-8,12H,5,9-10,16H2,1-4H3,(H,17,19). The molecule has 1 unspecified atom stereocenters. The van der Waals surface area contributed by atoms with E-state index in [1.165, 1.54) is 0 Å². The summed E-state index contributed by atoms with van der Waals surface area (Å²) in [6.45, 7) is 4.47. The first kappa shape index (κ1) is 16.9. The van der Waals surface area contributed by atoms with Gasteiger partial charge in [-0.15, -0.1) is 0 Å². The number of nitrogens with one attached hydrogen (secondary N) is 1. The van der Waals surface area contributed by atoms with Gasteiger partial charge in [0.05, 0.1) is 17.9 Å². The largest absolute Gasteiger partial charge is 0.397 e. The number of aryl methyl sites for hydroxylation is 1. The SMILES string of the molecule is CCC(CSC)N(C)CC(=O)Nc1c(C)cccc1N. The highest BCUT2D eigenvalue weighted by Gasteiger charge is 2.16. The van der Waals surface area contributed by atoms with Gasteiger partial charge in [-0.25, -0.2) is 0 Å². The van der Waals surface area contributed by atoms with Crippen molar-refractivity contribution in [1.82, 2.24) is 4.90 Å². The third-order valence-corrected chi connectivity index (χ3v) is 4.13. The number of thioether (sulfide) groups is 1. The van der Waals surface area contributed by atoms with Crippen molar-refractivity contribution in [3.63, 3.8) is 0 Å². The van der Waals surface area contributed by atoms with E-state index in [2.05, 4.69) is 23.4 Å². The molecule has 0 aromatic heterocycles. The zero-order valence-corrected chi connectivity index (χ0v) is 13.6. The number of carbonyl (C=O) groups is 1. The molecular formula is C15H25N3OS. The summed E-state index contributed by atoms with van der Waals surface area (Å²) < 4.78 is 0. The van der Waals surface area contributed by atoms with Crippen molar-refractivity contribution in [1.29, 1.82) is 0 Å². The van der Waals surface area contributed by atoms with E-state index < -0.39 is 0 Å². The second-order valence-corrected chi connectivity index (χ2v) is 5.93. The molecule has 0 saturated carbocycles. The summed E-state index contributed by atoms with van der Waals surface area (Å²) >= 11 is 1.81. The minimum atomic E-state index is -0.0203. The van der Waals surface area contributed by atoms with E-state index >= 15 is 0 Å². The van der Waals surface area contributed by atoms with Crippen LogP contribution in [0, 0.1) is 6.92 Å². The Morgan fingerprint density at radius 2 is 2.20 bits per heavy atom. The molecule has 1 aromatic rings. The Morgan fingerprint density at radius 1 is 1.50 bits per heavy atom. The number of nitrogens with two attached hydrogens (primary N) is 1. The van der Waals surface area contributed by atoms with Gasteiger partial charge in [0.2, 0.25) is 5.91 Å². The van der Waals surface area contributed by atoms with Crippen LogP contribution in [0.15, 0.2) is 18.2 Å². The average molecular weight is 295 g/mol. The molecule has 1 rings (SSSR count). The van der Waals surface area contributed by atoms with Crippen LogP contribution in [0.2, 0.25) is 0 Å². The van der Waals surface area contributed by atoms with Gasteiger partial charge in [-0.2, -0.15) is 11.8 Å². The molecule has 1 aromatic carbocycles. The molecule has 112 valence electrons. The average Bonchev–Trinajstić information content (AvgIpc) is 2.40. The number of anilines is 2. The molecule has 0 aliphatic heterocycles. The van der Waals surface area contributed by atoms with Crippen LogP contribution in [-0.2, 0) is 4.79 Å². The molecule has 5 heteroatoms. The van der Waals surface area contributed by atoms with Crippen LogP contribution >= 0.6 is 11.8 Å². The molecule has 0 fully saturated rings. The number of hydrogen-bond acceptors (Lipinski definition) is 4. The van der Waals surface area contributed by atoms with Crippen LogP contribution in [0.4, 0.5) is 11.4 Å². The van der Waals surface area contributed by atoms with Crippen LogP contribution < -0.4 is 11.1 Å². The van der Waals surface area contributed by atoms with Crippen LogP contribution in [0.3, 0.4) is 0 Å². The molecule has 0 saturated heterocycles. The maximum atomic E-state index is 12.1. The number of hydrogen-bond donors (Lipinski definition) is 2. The summed E-state index contributed by atoms with van der Waals surface area (Å²) in [4.78, 5) is 14.2. The first-order chi connectivity index (χ1) is 9.49. The predicted octanol–water partition coefficient (Wildman–Crippen LogP) is 2.59. The number of carbonyl (C=O) groups excluding carboxylic acids is 1. The molecule has 20 heavy (non-hydrogen) atoms. The zero-order chi connectivity index (χ0) is 15.1. The number of para-hydroxylation sites is 1. The molecule has 3 N–H and O–H groups in total. The Hall–Kier alpha value is -1.20. The summed E-state index contributed by atoms with van der Waals surface area (Å²) in [6.07, 6.45) is 3.13. The lowest BCUT2D eigenvalue weighted by Gasteiger charge is -2.26. The van der Waals surface area contributed by atoms with Crippen molar-refractivity contribution in [2.45, 2.75) is 26.3 Å². The fourth-order valence-electron chi connectivity index (χ4n) is 2.14. The van der Waals surface area contributed by atoms with Gasteiger partial charge in [0.15, 0.2) is 0 Å². The maximum absolute atomic E-state index is 12.1. The third kappa shape index (κ3) is 4.72. The van der Waals surface area contributed by atoms with Crippen LogP contribution in [-0.4, -0.2) is 42.4 Å². The number of benzene rings is 1. The number of likely N-dealkylation sites (N-methyl/N-ethyl adjacent to an activating group) is 1. The molecule has 0 aliphatic rings. The number of amides is 1. The first-order valence-electron chi connectivity index (χ1n) is 6.83. The lowest BCUT2D eigenvalue weighted by Crippen LogP contribution is -2.39. The molecule has 4 nitrogen and oxygen atoms in total. The highest BCUT2D eigenvalue weighted by Crippen LogP contribution is 2.22. The van der Waals surface area contributed by atoms with Crippen molar-refractivity contribution in [3.8, 4) is 0 Å². The van der Waals surface area contributed by atoms with Gasteiger partial charge >= 0.3 is 0 Å². The van der Waals surface area contributed by atoms with E-state index in [4.69, 9.17) is 5.73 Å². The Bertz CT molecular complexity index is 430. The summed E-state index contributed by atoms with van der Waals surface area (Å²) in [6, 6.07) is 6.05. The normalized spacial score (nSPS) is 12.4.